The molecule has 0 amide bonds. The maximum atomic E-state index is 11.5. The zero-order valence-electron chi connectivity index (χ0n) is 9.30. The van der Waals surface area contributed by atoms with E-state index < -0.39 is 0 Å². The molecule has 4 nitrogen and oxygen atoms in total. The molecule has 1 aromatic rings. The largest absolute Gasteiger partial charge is 0.319 e. The Hall–Kier alpha value is -0.870. The molecule has 0 aliphatic carbocycles. The highest BCUT2D eigenvalue weighted by molar-refractivity contribution is 6.30. The van der Waals surface area contributed by atoms with Crippen LogP contribution in [0.2, 0.25) is 5.15 Å². The van der Waals surface area contributed by atoms with E-state index in [4.69, 9.17) is 11.6 Å². The van der Waals surface area contributed by atoms with Gasteiger partial charge in [0.2, 0.25) is 0 Å². The predicted octanol–water partition coefficient (Wildman–Crippen LogP) is 1.10. The van der Waals surface area contributed by atoms with Crippen LogP contribution in [0.5, 0.6) is 0 Å². The van der Waals surface area contributed by atoms with Crippen molar-refractivity contribution in [1.82, 2.24) is 15.1 Å². The fourth-order valence-corrected chi connectivity index (χ4v) is 1.67. The summed E-state index contributed by atoms with van der Waals surface area (Å²) in [5.74, 6) is 0.183. The Kier molecular flexibility index (Phi) is 4.29. The summed E-state index contributed by atoms with van der Waals surface area (Å²) in [5, 5.41) is 7.67. The number of rotatable bonds is 5. The number of carbonyl (C=O) groups is 1. The van der Waals surface area contributed by atoms with E-state index >= 15 is 0 Å². The lowest BCUT2D eigenvalue weighted by Gasteiger charge is -2.00. The molecule has 0 aromatic carbocycles. The number of nitrogens with zero attached hydrogens (tertiary/aromatic N) is 2. The minimum atomic E-state index is 0.183. The van der Waals surface area contributed by atoms with Crippen LogP contribution in [-0.2, 0) is 18.3 Å². The quantitative estimate of drug-likeness (QED) is 0.823. The van der Waals surface area contributed by atoms with Gasteiger partial charge in [-0.15, -0.1) is 0 Å². The molecule has 0 aliphatic heterocycles. The molecule has 0 saturated heterocycles. The van der Waals surface area contributed by atoms with E-state index in [-0.39, 0.29) is 5.78 Å². The SMILES string of the molecule is CNCCC(=O)Cc1c(C)nn(C)c1Cl. The first-order chi connectivity index (χ1) is 7.06. The number of halogens is 1. The zero-order valence-corrected chi connectivity index (χ0v) is 10.1. The van der Waals surface area contributed by atoms with Crippen LogP contribution in [0.15, 0.2) is 0 Å². The van der Waals surface area contributed by atoms with Crippen molar-refractivity contribution in [2.45, 2.75) is 19.8 Å². The van der Waals surface area contributed by atoms with Crippen LogP contribution in [0.25, 0.3) is 0 Å². The van der Waals surface area contributed by atoms with Gasteiger partial charge in [0.1, 0.15) is 10.9 Å². The van der Waals surface area contributed by atoms with Crippen LogP contribution in [0.1, 0.15) is 17.7 Å². The van der Waals surface area contributed by atoms with Crippen molar-refractivity contribution in [2.75, 3.05) is 13.6 Å². The van der Waals surface area contributed by atoms with Crippen LogP contribution in [-0.4, -0.2) is 29.2 Å². The predicted molar refractivity (Wildman–Crippen MR) is 60.2 cm³/mol. The van der Waals surface area contributed by atoms with Crippen molar-refractivity contribution < 1.29 is 4.79 Å². The highest BCUT2D eigenvalue weighted by Gasteiger charge is 2.14. The molecular formula is C10H16ClN3O. The maximum Gasteiger partial charge on any atom is 0.138 e. The lowest BCUT2D eigenvalue weighted by Crippen LogP contribution is -2.14. The number of ketones is 1. The molecule has 84 valence electrons. The molecule has 1 N–H and O–H groups in total. The number of aromatic nitrogens is 2. The Bertz CT molecular complexity index is 360. The Balaban J connectivity index is 2.68. The molecule has 0 radical (unpaired) electrons. The van der Waals surface area contributed by atoms with E-state index in [1.54, 1.807) is 11.7 Å². The van der Waals surface area contributed by atoms with Gasteiger partial charge >= 0.3 is 0 Å². The van der Waals surface area contributed by atoms with Crippen LogP contribution in [0, 0.1) is 6.92 Å². The second-order valence-electron chi connectivity index (χ2n) is 3.55. The van der Waals surface area contributed by atoms with Crippen molar-refractivity contribution in [3.8, 4) is 0 Å². The number of hydrogen-bond donors (Lipinski definition) is 1. The van der Waals surface area contributed by atoms with Gasteiger partial charge in [-0.2, -0.15) is 5.10 Å². The molecule has 1 heterocycles. The first-order valence-electron chi connectivity index (χ1n) is 4.90. The van der Waals surface area contributed by atoms with Gasteiger partial charge in [-0.25, -0.2) is 0 Å². The van der Waals surface area contributed by atoms with Gasteiger partial charge in [0.15, 0.2) is 0 Å². The molecule has 0 aliphatic rings. The molecule has 0 unspecified atom stereocenters. The van der Waals surface area contributed by atoms with E-state index in [0.717, 1.165) is 11.3 Å². The zero-order chi connectivity index (χ0) is 11.4. The fraction of sp³-hybridized carbons (Fsp3) is 0.600. The first kappa shape index (κ1) is 12.2. The van der Waals surface area contributed by atoms with Crippen molar-refractivity contribution >= 4 is 17.4 Å². The summed E-state index contributed by atoms with van der Waals surface area (Å²) >= 11 is 6.02. The van der Waals surface area contributed by atoms with Crippen molar-refractivity contribution in [2.24, 2.45) is 7.05 Å². The molecule has 0 atom stereocenters. The molecule has 5 heteroatoms. The second kappa shape index (κ2) is 5.28. The van der Waals surface area contributed by atoms with Crippen LogP contribution >= 0.6 is 11.6 Å². The Morgan fingerprint density at radius 3 is 2.73 bits per heavy atom. The minimum absolute atomic E-state index is 0.183. The topological polar surface area (TPSA) is 46.9 Å². The van der Waals surface area contributed by atoms with E-state index in [0.29, 0.717) is 24.5 Å². The third-order valence-electron chi connectivity index (χ3n) is 2.30. The standard InChI is InChI=1S/C10H16ClN3O/c1-7-9(10(11)14(3)13-7)6-8(15)4-5-12-2/h12H,4-6H2,1-3H3. The van der Waals surface area contributed by atoms with Crippen molar-refractivity contribution in [3.63, 3.8) is 0 Å². The average molecular weight is 230 g/mol. The van der Waals surface area contributed by atoms with Gasteiger partial charge in [0, 0.05) is 32.0 Å². The summed E-state index contributed by atoms with van der Waals surface area (Å²) in [6, 6.07) is 0. The van der Waals surface area contributed by atoms with Crippen LogP contribution < -0.4 is 5.32 Å². The van der Waals surface area contributed by atoms with E-state index in [1.165, 1.54) is 0 Å². The minimum Gasteiger partial charge on any atom is -0.319 e. The van der Waals surface area contributed by atoms with Crippen LogP contribution in [0.4, 0.5) is 0 Å². The summed E-state index contributed by atoms with van der Waals surface area (Å²) in [4.78, 5) is 11.5. The van der Waals surface area contributed by atoms with Gasteiger partial charge in [-0.1, -0.05) is 11.6 Å². The molecular weight excluding hydrogens is 214 g/mol. The Labute approximate surface area is 94.6 Å². The molecule has 1 rings (SSSR count). The third-order valence-corrected chi connectivity index (χ3v) is 2.77. The summed E-state index contributed by atoms with van der Waals surface area (Å²) in [6.45, 7) is 2.57. The number of Topliss-reactive ketones (excluding diaryl/α,β-unsaturated/α-hetero) is 1. The van der Waals surface area contributed by atoms with Crippen molar-refractivity contribution in [1.29, 1.82) is 0 Å². The molecule has 0 spiro atoms. The normalized spacial score (nSPS) is 10.7. The molecule has 15 heavy (non-hydrogen) atoms. The Morgan fingerprint density at radius 2 is 2.27 bits per heavy atom. The third kappa shape index (κ3) is 3.04. The Morgan fingerprint density at radius 1 is 1.60 bits per heavy atom. The summed E-state index contributed by atoms with van der Waals surface area (Å²) in [6.07, 6.45) is 0.904. The monoisotopic (exact) mass is 229 g/mol. The maximum absolute atomic E-state index is 11.5. The molecule has 0 saturated carbocycles. The van der Waals surface area contributed by atoms with Crippen molar-refractivity contribution in [3.05, 3.63) is 16.4 Å². The summed E-state index contributed by atoms with van der Waals surface area (Å²) < 4.78 is 1.59. The fourth-order valence-electron chi connectivity index (χ4n) is 1.42. The number of hydrogen-bond acceptors (Lipinski definition) is 3. The smallest absolute Gasteiger partial charge is 0.138 e. The van der Waals surface area contributed by atoms with Gasteiger partial charge in [0.05, 0.1) is 5.69 Å². The van der Waals surface area contributed by atoms with Crippen LogP contribution in [0.3, 0.4) is 0 Å². The number of aryl methyl sites for hydroxylation is 2. The molecule has 0 fully saturated rings. The highest BCUT2D eigenvalue weighted by atomic mass is 35.5. The lowest BCUT2D eigenvalue weighted by atomic mass is 10.1. The summed E-state index contributed by atoms with van der Waals surface area (Å²) in [5.41, 5.74) is 1.68. The van der Waals surface area contributed by atoms with E-state index in [9.17, 15) is 4.79 Å². The summed E-state index contributed by atoms with van der Waals surface area (Å²) in [7, 11) is 3.60. The number of nitrogens with one attached hydrogen (secondary N) is 1. The van der Waals surface area contributed by atoms with E-state index in [2.05, 4.69) is 10.4 Å². The molecule has 0 bridgehead atoms. The highest BCUT2D eigenvalue weighted by Crippen LogP contribution is 2.19. The second-order valence-corrected chi connectivity index (χ2v) is 3.91. The van der Waals surface area contributed by atoms with Gasteiger partial charge < -0.3 is 5.32 Å². The lowest BCUT2D eigenvalue weighted by molar-refractivity contribution is -0.118. The molecule has 1 aromatic heterocycles. The van der Waals surface area contributed by atoms with Gasteiger partial charge in [-0.3, -0.25) is 9.48 Å². The average Bonchev–Trinajstić information content (AvgIpc) is 2.42. The van der Waals surface area contributed by atoms with Gasteiger partial charge in [-0.05, 0) is 14.0 Å². The first-order valence-corrected chi connectivity index (χ1v) is 5.28. The van der Waals surface area contributed by atoms with Gasteiger partial charge in [0.25, 0.3) is 0 Å². The number of carbonyl (C=O) groups excluding carboxylic acids is 1. The van der Waals surface area contributed by atoms with E-state index in [1.807, 2.05) is 14.0 Å².